The third-order valence-electron chi connectivity index (χ3n) is 1.06. The lowest BCUT2D eigenvalue weighted by Crippen LogP contribution is -1.94. The highest BCUT2D eigenvalue weighted by molar-refractivity contribution is 14.1. The van der Waals surface area contributed by atoms with Gasteiger partial charge in [-0.1, -0.05) is 0 Å². The minimum atomic E-state index is -1.15. The lowest BCUT2D eigenvalue weighted by atomic mass is 10.3. The molecule has 1 aromatic rings. The molecule has 0 amide bonds. The van der Waals surface area contributed by atoms with Gasteiger partial charge in [-0.25, -0.2) is 13.2 Å². The van der Waals surface area contributed by atoms with E-state index in [0.29, 0.717) is 0 Å². The summed E-state index contributed by atoms with van der Waals surface area (Å²) in [5, 5.41) is 0. The minimum Gasteiger partial charge on any atom is -0.204 e. The van der Waals surface area contributed by atoms with E-state index in [1.165, 1.54) is 22.6 Å². The summed E-state index contributed by atoms with van der Waals surface area (Å²) in [5.74, 6) is -2.97. The molecule has 0 spiro atoms. The van der Waals surface area contributed by atoms with Gasteiger partial charge < -0.3 is 0 Å². The second kappa shape index (κ2) is 3.30. The van der Waals surface area contributed by atoms with E-state index in [1.807, 2.05) is 0 Å². The van der Waals surface area contributed by atoms with Crippen LogP contribution in [0.3, 0.4) is 0 Å². The quantitative estimate of drug-likeness (QED) is 0.386. The van der Waals surface area contributed by atoms with Crippen molar-refractivity contribution < 1.29 is 13.2 Å². The summed E-state index contributed by atoms with van der Waals surface area (Å²) < 4.78 is 37.3. The average Bonchev–Trinajstić information content (AvgIpc) is 1.97. The van der Waals surface area contributed by atoms with Gasteiger partial charge in [0.15, 0.2) is 17.5 Å². The second-order valence-corrected chi connectivity index (χ2v) is 3.72. The van der Waals surface area contributed by atoms with E-state index in [2.05, 4.69) is 15.9 Å². The summed E-state index contributed by atoms with van der Waals surface area (Å²) in [6, 6.07) is 0.757. The first-order valence-electron chi connectivity index (χ1n) is 2.52. The molecule has 0 saturated heterocycles. The van der Waals surface area contributed by atoms with Crippen LogP contribution in [-0.2, 0) is 0 Å². The van der Waals surface area contributed by atoms with Gasteiger partial charge in [-0.05, 0) is 44.6 Å². The van der Waals surface area contributed by atoms with Crippen LogP contribution in [0.1, 0.15) is 0 Å². The third-order valence-corrected chi connectivity index (χ3v) is 2.58. The van der Waals surface area contributed by atoms with Crippen molar-refractivity contribution in [1.82, 2.24) is 0 Å². The predicted molar refractivity (Wildman–Crippen MR) is 46.7 cm³/mol. The van der Waals surface area contributed by atoms with Crippen LogP contribution in [0.2, 0.25) is 0 Å². The van der Waals surface area contributed by atoms with Crippen LogP contribution in [0, 0.1) is 21.0 Å². The number of halogens is 5. The van der Waals surface area contributed by atoms with E-state index in [4.69, 9.17) is 0 Å². The van der Waals surface area contributed by atoms with Crippen LogP contribution < -0.4 is 0 Å². The lowest BCUT2D eigenvalue weighted by Gasteiger charge is -1.99. The number of hydrogen-bond donors (Lipinski definition) is 0. The first kappa shape index (κ1) is 9.31. The molecule has 0 aliphatic rings. The maximum Gasteiger partial charge on any atom is 0.175 e. The minimum absolute atomic E-state index is 0.0687. The third kappa shape index (κ3) is 1.69. The SMILES string of the molecule is Fc1cc(Br)c(F)c(I)c1F. The monoisotopic (exact) mass is 336 g/mol. The van der Waals surface area contributed by atoms with Gasteiger partial charge in [-0.15, -0.1) is 0 Å². The van der Waals surface area contributed by atoms with Gasteiger partial charge in [0, 0.05) is 0 Å². The Morgan fingerprint density at radius 2 is 1.73 bits per heavy atom. The van der Waals surface area contributed by atoms with Crippen LogP contribution in [-0.4, -0.2) is 0 Å². The highest BCUT2D eigenvalue weighted by atomic mass is 127. The van der Waals surface area contributed by atoms with E-state index in [9.17, 15) is 13.2 Å². The van der Waals surface area contributed by atoms with E-state index in [0.717, 1.165) is 6.07 Å². The molecule has 0 N–H and O–H groups in total. The average molecular weight is 337 g/mol. The summed E-state index contributed by atoms with van der Waals surface area (Å²) in [5.41, 5.74) is 0. The molecule has 1 aromatic carbocycles. The van der Waals surface area contributed by atoms with Crippen molar-refractivity contribution in [3.63, 3.8) is 0 Å². The Morgan fingerprint density at radius 1 is 1.18 bits per heavy atom. The van der Waals surface area contributed by atoms with Crippen molar-refractivity contribution in [2.24, 2.45) is 0 Å². The molecule has 0 aromatic heterocycles. The largest absolute Gasteiger partial charge is 0.204 e. The molecule has 60 valence electrons. The van der Waals surface area contributed by atoms with Crippen molar-refractivity contribution in [2.75, 3.05) is 0 Å². The van der Waals surface area contributed by atoms with Gasteiger partial charge in [-0.3, -0.25) is 0 Å². The molecule has 5 heteroatoms. The van der Waals surface area contributed by atoms with E-state index < -0.39 is 17.5 Å². The fraction of sp³-hybridized carbons (Fsp3) is 0. The first-order chi connectivity index (χ1) is 5.04. The summed E-state index contributed by atoms with van der Waals surface area (Å²) in [4.78, 5) is 0. The Labute approximate surface area is 83.1 Å². The fourth-order valence-corrected chi connectivity index (χ4v) is 1.86. The van der Waals surface area contributed by atoms with Crippen LogP contribution in [0.5, 0.6) is 0 Å². The Hall–Kier alpha value is 0.220. The topological polar surface area (TPSA) is 0 Å². The van der Waals surface area contributed by atoms with E-state index in [-0.39, 0.29) is 8.04 Å². The van der Waals surface area contributed by atoms with Gasteiger partial charge in [0.1, 0.15) is 0 Å². The molecule has 0 aliphatic heterocycles. The molecule has 0 heterocycles. The smallest absolute Gasteiger partial charge is 0.175 e. The molecule has 0 saturated carbocycles. The maximum absolute atomic E-state index is 12.7. The number of benzene rings is 1. The first-order valence-corrected chi connectivity index (χ1v) is 4.39. The summed E-state index contributed by atoms with van der Waals surface area (Å²) in [7, 11) is 0. The molecule has 0 nitrogen and oxygen atoms in total. The molecule has 0 aliphatic carbocycles. The van der Waals surface area contributed by atoms with Gasteiger partial charge in [0.2, 0.25) is 0 Å². The molecule has 11 heavy (non-hydrogen) atoms. The zero-order chi connectivity index (χ0) is 8.59. The lowest BCUT2D eigenvalue weighted by molar-refractivity contribution is 0.484. The molecule has 0 radical (unpaired) electrons. The summed E-state index contributed by atoms with van der Waals surface area (Å²) in [6.07, 6.45) is 0. The van der Waals surface area contributed by atoms with Crippen molar-refractivity contribution in [3.8, 4) is 0 Å². The zero-order valence-corrected chi connectivity index (χ0v) is 8.71. The highest BCUT2D eigenvalue weighted by Gasteiger charge is 2.14. The van der Waals surface area contributed by atoms with E-state index in [1.54, 1.807) is 0 Å². The van der Waals surface area contributed by atoms with Crippen molar-refractivity contribution in [3.05, 3.63) is 31.6 Å². The van der Waals surface area contributed by atoms with Gasteiger partial charge >= 0.3 is 0 Å². The van der Waals surface area contributed by atoms with Crippen LogP contribution in [0.25, 0.3) is 0 Å². The second-order valence-electron chi connectivity index (χ2n) is 1.78. The molecular weight excluding hydrogens is 336 g/mol. The standard InChI is InChI=1S/C6HBrF3I/c7-2-1-3(8)5(10)6(11)4(2)9/h1H. The highest BCUT2D eigenvalue weighted by Crippen LogP contribution is 2.25. The van der Waals surface area contributed by atoms with Crippen molar-refractivity contribution in [2.45, 2.75) is 0 Å². The molecule has 1 rings (SSSR count). The normalized spacial score (nSPS) is 10.3. The Kier molecular flexibility index (Phi) is 2.79. The molecule has 0 fully saturated rings. The van der Waals surface area contributed by atoms with Crippen LogP contribution in [0.4, 0.5) is 13.2 Å². The Morgan fingerprint density at radius 3 is 2.27 bits per heavy atom. The fourth-order valence-electron chi connectivity index (χ4n) is 0.544. The Balaban J connectivity index is 3.46. The van der Waals surface area contributed by atoms with Gasteiger partial charge in [0.05, 0.1) is 8.04 Å². The summed E-state index contributed by atoms with van der Waals surface area (Å²) >= 11 is 4.14. The Bertz CT molecular complexity index is 274. The van der Waals surface area contributed by atoms with Gasteiger partial charge in [-0.2, -0.15) is 0 Å². The number of hydrogen-bond acceptors (Lipinski definition) is 0. The molecule has 0 unspecified atom stereocenters. The summed E-state index contributed by atoms with van der Waals surface area (Å²) in [6.45, 7) is 0. The van der Waals surface area contributed by atoms with Crippen LogP contribution >= 0.6 is 38.5 Å². The molecular formula is C6HBrF3I. The number of rotatable bonds is 0. The van der Waals surface area contributed by atoms with Crippen LogP contribution in [0.15, 0.2) is 10.5 Å². The van der Waals surface area contributed by atoms with Gasteiger partial charge in [0.25, 0.3) is 0 Å². The molecule has 0 bridgehead atoms. The maximum atomic E-state index is 12.7. The van der Waals surface area contributed by atoms with E-state index >= 15 is 0 Å². The van der Waals surface area contributed by atoms with Crippen molar-refractivity contribution >= 4 is 38.5 Å². The predicted octanol–water partition coefficient (Wildman–Crippen LogP) is 3.47. The van der Waals surface area contributed by atoms with Crippen molar-refractivity contribution in [1.29, 1.82) is 0 Å². The zero-order valence-electron chi connectivity index (χ0n) is 4.97. The molecule has 0 atom stereocenters.